The van der Waals surface area contributed by atoms with Gasteiger partial charge in [0.05, 0.1) is 6.42 Å². The summed E-state index contributed by atoms with van der Waals surface area (Å²) in [5, 5.41) is 8.18. The molecule has 1 saturated heterocycles. The molecule has 1 aliphatic heterocycles. The number of nitrogens with one attached hydrogen (secondary N) is 1. The Bertz CT molecular complexity index is 1090. The molecule has 0 bridgehead atoms. The van der Waals surface area contributed by atoms with Crippen LogP contribution in [-0.4, -0.2) is 49.7 Å². The number of nitrogens with zero attached hydrogens (tertiary/aromatic N) is 5. The molecule has 170 valence electrons. The molecule has 4 rings (SSSR count). The van der Waals surface area contributed by atoms with Gasteiger partial charge in [0.2, 0.25) is 11.1 Å². The van der Waals surface area contributed by atoms with E-state index in [2.05, 4.69) is 56.5 Å². The minimum atomic E-state index is -0.0194. The lowest BCUT2D eigenvalue weighted by molar-refractivity contribution is -0.120. The summed E-state index contributed by atoms with van der Waals surface area (Å²) in [4.78, 5) is 24.1. The van der Waals surface area contributed by atoms with Crippen molar-refractivity contribution >= 4 is 23.4 Å². The van der Waals surface area contributed by atoms with E-state index >= 15 is 0 Å². The van der Waals surface area contributed by atoms with Gasteiger partial charge in [-0.1, -0.05) is 43.0 Å². The molecule has 3 heterocycles. The van der Waals surface area contributed by atoms with Crippen LogP contribution in [0.25, 0.3) is 5.78 Å². The van der Waals surface area contributed by atoms with E-state index in [-0.39, 0.29) is 12.3 Å². The minimum absolute atomic E-state index is 0.0194. The Morgan fingerprint density at radius 3 is 2.50 bits per heavy atom. The average Bonchev–Trinajstić information content (AvgIpc) is 3.21. The summed E-state index contributed by atoms with van der Waals surface area (Å²) in [6.45, 7) is 10.1. The first-order chi connectivity index (χ1) is 15.4. The fraction of sp³-hybridized carbons (Fsp3) is 0.500. The topological polar surface area (TPSA) is 75.4 Å². The van der Waals surface area contributed by atoms with E-state index in [0.717, 1.165) is 35.0 Å². The average molecular weight is 453 g/mol. The number of rotatable bonds is 7. The van der Waals surface area contributed by atoms with Gasteiger partial charge in [-0.15, -0.1) is 5.10 Å². The minimum Gasteiger partial charge on any atom is -0.352 e. The summed E-state index contributed by atoms with van der Waals surface area (Å²) in [7, 11) is 0. The van der Waals surface area contributed by atoms with Gasteiger partial charge in [0.1, 0.15) is 0 Å². The number of piperidine rings is 1. The molecule has 7 nitrogen and oxygen atoms in total. The number of carbonyl (C=O) groups is 1. The van der Waals surface area contributed by atoms with Crippen molar-refractivity contribution in [3.8, 4) is 0 Å². The Kier molecular flexibility index (Phi) is 7.10. The molecule has 0 radical (unpaired) electrons. The maximum absolute atomic E-state index is 12.6. The van der Waals surface area contributed by atoms with Crippen LogP contribution in [0.15, 0.2) is 29.4 Å². The molecule has 0 unspecified atom stereocenters. The highest BCUT2D eigenvalue weighted by molar-refractivity contribution is 7.98. The highest BCUT2D eigenvalue weighted by Crippen LogP contribution is 2.19. The van der Waals surface area contributed by atoms with E-state index in [4.69, 9.17) is 0 Å². The molecule has 8 heteroatoms. The van der Waals surface area contributed by atoms with Crippen molar-refractivity contribution in [2.75, 3.05) is 19.3 Å². The smallest absolute Gasteiger partial charge is 0.253 e. The molecule has 0 atom stereocenters. The van der Waals surface area contributed by atoms with Crippen LogP contribution < -0.4 is 5.32 Å². The van der Waals surface area contributed by atoms with Gasteiger partial charge in [-0.05, 0) is 63.1 Å². The Hall–Kier alpha value is -2.45. The van der Waals surface area contributed by atoms with Gasteiger partial charge in [0, 0.05) is 30.0 Å². The zero-order chi connectivity index (χ0) is 22.7. The van der Waals surface area contributed by atoms with Gasteiger partial charge < -0.3 is 5.32 Å². The third-order valence-electron chi connectivity index (χ3n) is 6.34. The van der Waals surface area contributed by atoms with Crippen LogP contribution in [0.5, 0.6) is 0 Å². The van der Waals surface area contributed by atoms with Gasteiger partial charge in [-0.25, -0.2) is 9.50 Å². The van der Waals surface area contributed by atoms with E-state index in [1.54, 1.807) is 4.52 Å². The third-order valence-corrected chi connectivity index (χ3v) is 6.88. The summed E-state index contributed by atoms with van der Waals surface area (Å²) >= 11 is 1.48. The van der Waals surface area contributed by atoms with Crippen LogP contribution in [0.3, 0.4) is 0 Å². The standard InChI is InChI=1S/C24H32N6OS/c1-16-9-11-29(12-10-16)15-20-7-5-19(6-8-20)14-25-22(31)13-21-17(2)26-23-27-24(32-4)28-30(23)18(21)3/h5-8,16H,9-15H2,1-4H3,(H,25,31). The lowest BCUT2D eigenvalue weighted by atomic mass is 9.99. The summed E-state index contributed by atoms with van der Waals surface area (Å²) < 4.78 is 1.73. The summed E-state index contributed by atoms with van der Waals surface area (Å²) in [5.41, 5.74) is 5.07. The SMILES string of the molecule is CSc1nc2nc(C)c(CC(=O)NCc3ccc(CN4CCC(C)CC4)cc3)c(C)n2n1. The fourth-order valence-corrected chi connectivity index (χ4v) is 4.53. The van der Waals surface area contributed by atoms with Crippen molar-refractivity contribution in [1.29, 1.82) is 0 Å². The van der Waals surface area contributed by atoms with Crippen LogP contribution >= 0.6 is 11.8 Å². The molecule has 2 aromatic heterocycles. The van der Waals surface area contributed by atoms with Crippen LogP contribution in [0, 0.1) is 19.8 Å². The number of benzene rings is 1. The molecular formula is C24H32N6OS. The molecule has 0 spiro atoms. The van der Waals surface area contributed by atoms with E-state index in [1.807, 2.05) is 20.1 Å². The molecule has 0 aliphatic carbocycles. The number of hydrogen-bond donors (Lipinski definition) is 1. The Balaban J connectivity index is 1.33. The first kappa shape index (κ1) is 22.7. The molecule has 1 N–H and O–H groups in total. The van der Waals surface area contributed by atoms with Gasteiger partial charge in [-0.3, -0.25) is 9.69 Å². The monoisotopic (exact) mass is 452 g/mol. The molecular weight excluding hydrogens is 420 g/mol. The second-order valence-electron chi connectivity index (χ2n) is 8.80. The second kappa shape index (κ2) is 10.0. The summed E-state index contributed by atoms with van der Waals surface area (Å²) in [5.74, 6) is 1.41. The maximum atomic E-state index is 12.6. The molecule has 1 fully saturated rings. The Labute approximate surface area is 194 Å². The van der Waals surface area contributed by atoms with Crippen LogP contribution in [0.4, 0.5) is 0 Å². The Morgan fingerprint density at radius 1 is 1.12 bits per heavy atom. The molecule has 3 aromatic rings. The highest BCUT2D eigenvalue weighted by Gasteiger charge is 2.17. The lowest BCUT2D eigenvalue weighted by Crippen LogP contribution is -2.32. The number of hydrogen-bond acceptors (Lipinski definition) is 6. The van der Waals surface area contributed by atoms with Crippen LogP contribution in [-0.2, 0) is 24.3 Å². The summed E-state index contributed by atoms with van der Waals surface area (Å²) in [6.07, 6.45) is 4.80. The number of likely N-dealkylation sites (tertiary alicyclic amines) is 1. The first-order valence-electron chi connectivity index (χ1n) is 11.3. The van der Waals surface area contributed by atoms with Crippen molar-refractivity contribution < 1.29 is 4.79 Å². The predicted molar refractivity (Wildman–Crippen MR) is 128 cm³/mol. The van der Waals surface area contributed by atoms with Gasteiger partial charge in [-0.2, -0.15) is 4.98 Å². The van der Waals surface area contributed by atoms with Crippen molar-refractivity contribution in [1.82, 2.24) is 29.8 Å². The van der Waals surface area contributed by atoms with Crippen molar-refractivity contribution in [3.05, 3.63) is 52.3 Å². The van der Waals surface area contributed by atoms with Crippen molar-refractivity contribution in [2.45, 2.75) is 58.3 Å². The first-order valence-corrected chi connectivity index (χ1v) is 12.5. The lowest BCUT2D eigenvalue weighted by Gasteiger charge is -2.30. The number of carbonyl (C=O) groups excluding carboxylic acids is 1. The number of aromatic nitrogens is 4. The molecule has 1 aliphatic rings. The highest BCUT2D eigenvalue weighted by atomic mass is 32.2. The number of aryl methyl sites for hydroxylation is 2. The number of fused-ring (bicyclic) bond motifs is 1. The Morgan fingerprint density at radius 2 is 1.81 bits per heavy atom. The second-order valence-corrected chi connectivity index (χ2v) is 9.57. The molecule has 1 amide bonds. The van der Waals surface area contributed by atoms with E-state index in [1.165, 1.54) is 43.3 Å². The predicted octanol–water partition coefficient (Wildman–Crippen LogP) is 3.55. The number of amides is 1. The van der Waals surface area contributed by atoms with Crippen molar-refractivity contribution in [3.63, 3.8) is 0 Å². The summed E-state index contributed by atoms with van der Waals surface area (Å²) in [6, 6.07) is 8.59. The molecule has 32 heavy (non-hydrogen) atoms. The van der Waals surface area contributed by atoms with Gasteiger partial charge >= 0.3 is 0 Å². The zero-order valence-corrected chi connectivity index (χ0v) is 20.2. The molecule has 0 saturated carbocycles. The fourth-order valence-electron chi connectivity index (χ4n) is 4.20. The quantitative estimate of drug-likeness (QED) is 0.553. The maximum Gasteiger partial charge on any atom is 0.253 e. The zero-order valence-electron chi connectivity index (χ0n) is 19.4. The number of thioether (sulfide) groups is 1. The van der Waals surface area contributed by atoms with E-state index in [9.17, 15) is 4.79 Å². The van der Waals surface area contributed by atoms with Gasteiger partial charge in [0.25, 0.3) is 5.78 Å². The van der Waals surface area contributed by atoms with Gasteiger partial charge in [0.15, 0.2) is 0 Å². The van der Waals surface area contributed by atoms with Crippen LogP contribution in [0.2, 0.25) is 0 Å². The van der Waals surface area contributed by atoms with Crippen molar-refractivity contribution in [2.24, 2.45) is 5.92 Å². The van der Waals surface area contributed by atoms with E-state index in [0.29, 0.717) is 17.5 Å². The largest absolute Gasteiger partial charge is 0.352 e. The normalized spacial score (nSPS) is 15.4. The molecule has 1 aromatic carbocycles. The third kappa shape index (κ3) is 5.30. The van der Waals surface area contributed by atoms with Crippen LogP contribution in [0.1, 0.15) is 47.8 Å². The van der Waals surface area contributed by atoms with E-state index < -0.39 is 0 Å².